The normalized spacial score (nSPS) is 16.5. The molecule has 6 heteroatoms. The van der Waals surface area contributed by atoms with Gasteiger partial charge in [0, 0.05) is 67.1 Å². The second-order valence-electron chi connectivity index (χ2n) is 40.0. The smallest absolute Gasteiger partial charge is 0.0764 e. The van der Waals surface area contributed by atoms with E-state index in [1.165, 1.54) is 278 Å². The van der Waals surface area contributed by atoms with Crippen molar-refractivity contribution in [1.29, 1.82) is 0 Å². The number of aromatic nitrogens is 3. The van der Waals surface area contributed by atoms with E-state index >= 15 is 0 Å². The molecule has 0 saturated carbocycles. The summed E-state index contributed by atoms with van der Waals surface area (Å²) in [5.74, 6) is 0. The fourth-order valence-corrected chi connectivity index (χ4v) is 31.1. The van der Waals surface area contributed by atoms with Crippen LogP contribution in [0.3, 0.4) is 0 Å². The van der Waals surface area contributed by atoms with Crippen LogP contribution in [-0.2, 0) is 21.7 Å². The van der Waals surface area contributed by atoms with Crippen LogP contribution < -0.4 is 0 Å². The lowest BCUT2D eigenvalue weighted by atomic mass is 9.62. The molecule has 0 N–H and O–H groups in total. The van der Waals surface area contributed by atoms with Crippen molar-refractivity contribution < 1.29 is 0 Å². The fraction of sp³-hybridized carbons (Fsp3) is 0.0435. The number of benzene rings is 23. The van der Waals surface area contributed by atoms with Gasteiger partial charge < -0.3 is 13.7 Å². The molecular weight excluding hydrogens is 1800 g/mol. The van der Waals surface area contributed by atoms with E-state index in [1.54, 1.807) is 0 Å². The molecule has 672 valence electrons. The summed E-state index contributed by atoms with van der Waals surface area (Å²) in [5.41, 5.74) is 41.9. The summed E-state index contributed by atoms with van der Waals surface area (Å²) in [7, 11) is 0. The Bertz CT molecular complexity index is 10100. The summed E-state index contributed by atoms with van der Waals surface area (Å²) in [6.45, 7) is 4.75. The fourth-order valence-electron chi connectivity index (χ4n) is 27.2. The van der Waals surface area contributed by atoms with Crippen molar-refractivity contribution in [2.24, 2.45) is 0 Å². The van der Waals surface area contributed by atoms with Crippen molar-refractivity contribution >= 4 is 133 Å². The maximum Gasteiger partial charge on any atom is 0.0764 e. The Balaban J connectivity index is 0.0000000986. The maximum absolute atomic E-state index is 2.52. The van der Waals surface area contributed by atoms with E-state index in [4.69, 9.17) is 0 Å². The van der Waals surface area contributed by atoms with E-state index < -0.39 is 16.2 Å². The Hall–Kier alpha value is -16.7. The number of hydrogen-bond donors (Lipinski definition) is 0. The summed E-state index contributed by atoms with van der Waals surface area (Å²) in [5, 5.41) is 15.5. The van der Waals surface area contributed by atoms with Gasteiger partial charge in [0.25, 0.3) is 0 Å². The predicted octanol–water partition coefficient (Wildman–Crippen LogP) is 36.3. The minimum atomic E-state index is -0.486. The molecule has 3 spiro atoms. The molecule has 3 nitrogen and oxygen atoms in total. The zero-order valence-corrected chi connectivity index (χ0v) is 81.3. The third-order valence-electron chi connectivity index (χ3n) is 33.0. The van der Waals surface area contributed by atoms with Crippen molar-refractivity contribution in [1.82, 2.24) is 13.7 Å². The monoisotopic (exact) mass is 1880 g/mol. The van der Waals surface area contributed by atoms with E-state index in [1.807, 2.05) is 35.3 Å². The largest absolute Gasteiger partial charge is 0.309 e. The van der Waals surface area contributed by atoms with Crippen LogP contribution in [0.1, 0.15) is 91.7 Å². The molecule has 33 rings (SSSR count). The lowest BCUT2D eigenvalue weighted by molar-refractivity contribution is 0.660. The Kier molecular flexibility index (Phi) is 17.6. The molecular formula is C138H87N3S3. The number of para-hydroxylation sites is 9. The highest BCUT2D eigenvalue weighted by molar-refractivity contribution is 8.00. The Morgan fingerprint density at radius 1 is 0.167 bits per heavy atom. The highest BCUT2D eigenvalue weighted by Crippen LogP contribution is 2.68. The van der Waals surface area contributed by atoms with Crippen LogP contribution >= 0.6 is 35.3 Å². The first-order chi connectivity index (χ1) is 71.2. The first kappa shape index (κ1) is 82.1. The van der Waals surface area contributed by atoms with Crippen molar-refractivity contribution in [2.45, 2.75) is 64.9 Å². The molecule has 144 heavy (non-hydrogen) atoms. The second-order valence-corrected chi connectivity index (χ2v) is 43.2. The Morgan fingerprint density at radius 3 is 0.951 bits per heavy atom. The number of rotatable bonds is 4. The van der Waals surface area contributed by atoms with Gasteiger partial charge >= 0.3 is 0 Å². The molecule has 26 aromatic rings. The predicted molar refractivity (Wildman–Crippen MR) is 602 cm³/mol. The minimum Gasteiger partial charge on any atom is -0.309 e. The molecule has 6 aliphatic heterocycles. The van der Waals surface area contributed by atoms with Crippen LogP contribution in [0.25, 0.3) is 170 Å². The standard InChI is InChI=1S/C47H29NS.C46H31NS.C45H27NS/c1-2-14-33-30(12-1)13-9-16-34(33)31-26-28-32(29-27-31)35-17-10-22-41-46(35)49-44-25-8-5-20-39(44)47(41)38-19-4-7-24-43(38)48-42-23-6-3-15-36(42)37-18-11-21-40(47)45(37)48;1-45(2)34-17-5-3-13-30(34)31-26-25-28(27-39(31)45)29-15-11-21-38-44(29)48-42-24-10-7-19-36(42)46(38)35-18-6-9-23-41(35)47-40-22-8-4-14-32(40)33-16-12-20-37(46)43(33)47;1-2-14-29-28(13-1)27-35(31-16-4-3-15-30(29)31)34-19-12-23-39-44(34)47-42-26-10-7-21-37(42)45(39)36-20-6-9-25-41(36)46-40-24-8-5-17-32(40)33-18-11-22-38(45)43(33)46/h1-29H;3-27H,1-2H3;1-27H. The first-order valence-corrected chi connectivity index (χ1v) is 52.5. The molecule has 9 heterocycles. The SMILES string of the molecule is CC1(C)c2ccccc2-c2ccc(-c3cccc4c3Sc3ccccc3C43c4ccccc4-n4c5ccccc5c5cccc3c54)cc21.c1ccc2c(c1)Sc1c(-c3cc4ccccc4c4ccccc34)cccc1C21c2ccccc2-n2c3ccccc3c3cccc1c32.c1ccc2c(c1)Sc1c(-c3ccc(-c4cccc5ccccc45)cc3)cccc1C21c2ccccc2-n2c3ccccc3c3cccc1c32. The average Bonchev–Trinajstić information content (AvgIpc) is 1.38. The lowest BCUT2D eigenvalue weighted by Gasteiger charge is -2.45. The lowest BCUT2D eigenvalue weighted by Crippen LogP contribution is -2.37. The zero-order valence-electron chi connectivity index (χ0n) is 78.8. The van der Waals surface area contributed by atoms with Gasteiger partial charge in [0.1, 0.15) is 0 Å². The maximum atomic E-state index is 2.52. The highest BCUT2D eigenvalue weighted by Gasteiger charge is 2.54. The van der Waals surface area contributed by atoms with Crippen molar-refractivity contribution in [3.05, 3.63) is 569 Å². The molecule has 0 radical (unpaired) electrons. The van der Waals surface area contributed by atoms with Crippen LogP contribution in [0.15, 0.2) is 521 Å². The second kappa shape index (κ2) is 30.9. The molecule has 3 aromatic heterocycles. The van der Waals surface area contributed by atoms with Gasteiger partial charge in [-0.2, -0.15) is 0 Å². The summed E-state index contributed by atoms with van der Waals surface area (Å²) in [6.07, 6.45) is 0. The average molecular weight is 1880 g/mol. The van der Waals surface area contributed by atoms with Crippen LogP contribution in [0.5, 0.6) is 0 Å². The molecule has 0 bridgehead atoms. The van der Waals surface area contributed by atoms with Gasteiger partial charge in [0.15, 0.2) is 0 Å². The first-order valence-electron chi connectivity index (χ1n) is 50.1. The summed E-state index contributed by atoms with van der Waals surface area (Å²) in [4.78, 5) is 7.96. The molecule has 0 fully saturated rings. The van der Waals surface area contributed by atoms with Crippen molar-refractivity contribution in [3.63, 3.8) is 0 Å². The molecule has 1 aliphatic carbocycles. The summed E-state index contributed by atoms with van der Waals surface area (Å²) >= 11 is 5.78. The van der Waals surface area contributed by atoms with Gasteiger partial charge in [0.2, 0.25) is 0 Å². The van der Waals surface area contributed by atoms with Crippen LogP contribution in [0.2, 0.25) is 0 Å². The van der Waals surface area contributed by atoms with Crippen molar-refractivity contribution in [2.75, 3.05) is 0 Å². The third kappa shape index (κ3) is 11.0. The Labute approximate surface area is 846 Å². The molecule has 3 unspecified atom stereocenters. The van der Waals surface area contributed by atoms with Gasteiger partial charge in [0.05, 0.1) is 66.4 Å². The summed E-state index contributed by atoms with van der Waals surface area (Å²) in [6, 6.07) is 184. The van der Waals surface area contributed by atoms with Crippen molar-refractivity contribution in [3.8, 4) is 72.7 Å². The van der Waals surface area contributed by atoms with E-state index in [0.29, 0.717) is 0 Å². The number of hydrogen-bond acceptors (Lipinski definition) is 3. The number of nitrogens with zero attached hydrogens (tertiary/aromatic N) is 3. The van der Waals surface area contributed by atoms with Crippen LogP contribution in [0.4, 0.5) is 0 Å². The number of fused-ring (bicyclic) bond motifs is 40. The van der Waals surface area contributed by atoms with Crippen LogP contribution in [-0.4, -0.2) is 13.7 Å². The molecule has 0 amide bonds. The topological polar surface area (TPSA) is 14.8 Å². The van der Waals surface area contributed by atoms with Gasteiger partial charge in [-0.25, -0.2) is 0 Å². The molecule has 0 saturated heterocycles. The van der Waals surface area contributed by atoms with E-state index in [-0.39, 0.29) is 5.41 Å². The van der Waals surface area contributed by atoms with Gasteiger partial charge in [-0.3, -0.25) is 0 Å². The molecule has 3 atom stereocenters. The molecule has 7 aliphatic rings. The summed E-state index contributed by atoms with van der Waals surface area (Å²) < 4.78 is 7.56. The highest BCUT2D eigenvalue weighted by atomic mass is 32.2. The Morgan fingerprint density at radius 2 is 0.465 bits per heavy atom. The van der Waals surface area contributed by atoms with E-state index in [2.05, 4.69) is 519 Å². The van der Waals surface area contributed by atoms with E-state index in [0.717, 1.165) is 0 Å². The van der Waals surface area contributed by atoms with Gasteiger partial charge in [-0.05, 0) is 233 Å². The minimum absolute atomic E-state index is 0.0525. The van der Waals surface area contributed by atoms with Gasteiger partial charge in [-0.15, -0.1) is 0 Å². The zero-order chi connectivity index (χ0) is 94.6. The molecule has 23 aromatic carbocycles. The quantitative estimate of drug-likeness (QED) is 0.163. The van der Waals surface area contributed by atoms with E-state index in [9.17, 15) is 0 Å². The third-order valence-corrected chi connectivity index (χ3v) is 36.6. The van der Waals surface area contributed by atoms with Crippen LogP contribution in [0, 0.1) is 0 Å². The van der Waals surface area contributed by atoms with Gasteiger partial charge in [-0.1, -0.05) is 474 Å².